The Bertz CT molecular complexity index is 542. The largest absolute Gasteiger partial charge is 0.478 e. The Morgan fingerprint density at radius 2 is 2.05 bits per heavy atom. The maximum atomic E-state index is 13.7. The molecule has 22 heavy (non-hydrogen) atoms. The molecule has 0 radical (unpaired) electrons. The van der Waals surface area contributed by atoms with Crippen LogP contribution in [0.2, 0.25) is 0 Å². The van der Waals surface area contributed by atoms with Crippen molar-refractivity contribution < 1.29 is 18.7 Å². The first-order valence-corrected chi connectivity index (χ1v) is 7.99. The van der Waals surface area contributed by atoms with E-state index in [4.69, 9.17) is 9.47 Å². The number of amides is 1. The van der Waals surface area contributed by atoms with Crippen LogP contribution >= 0.6 is 0 Å². The van der Waals surface area contributed by atoms with Crippen LogP contribution in [0, 0.1) is 5.82 Å². The van der Waals surface area contributed by atoms with E-state index in [0.29, 0.717) is 13.2 Å². The first-order valence-electron chi connectivity index (χ1n) is 7.99. The van der Waals surface area contributed by atoms with Gasteiger partial charge in [-0.3, -0.25) is 4.79 Å². The quantitative estimate of drug-likeness (QED) is 0.861. The highest BCUT2D eigenvalue weighted by Crippen LogP contribution is 2.38. The van der Waals surface area contributed by atoms with E-state index >= 15 is 0 Å². The Morgan fingerprint density at radius 1 is 1.32 bits per heavy atom. The summed E-state index contributed by atoms with van der Waals surface area (Å²) in [4.78, 5) is 14.5. The summed E-state index contributed by atoms with van der Waals surface area (Å²) in [5.41, 5.74) is -0.456. The third-order valence-electron chi connectivity index (χ3n) is 4.57. The van der Waals surface area contributed by atoms with Gasteiger partial charge in [-0.15, -0.1) is 0 Å². The number of carbonyl (C=O) groups excluding carboxylic acids is 1. The van der Waals surface area contributed by atoms with Crippen LogP contribution in [-0.4, -0.2) is 35.8 Å². The molecule has 0 bridgehead atoms. The smallest absolute Gasteiger partial charge is 0.265 e. The summed E-state index contributed by atoms with van der Waals surface area (Å²) in [5.74, 6) is -0.462. The highest BCUT2D eigenvalue weighted by molar-refractivity contribution is 5.81. The van der Waals surface area contributed by atoms with Crippen LogP contribution in [0.3, 0.4) is 0 Å². The van der Waals surface area contributed by atoms with Crippen molar-refractivity contribution in [2.24, 2.45) is 0 Å². The van der Waals surface area contributed by atoms with Crippen LogP contribution in [0.1, 0.15) is 39.0 Å². The van der Waals surface area contributed by atoms with E-state index in [0.717, 1.165) is 25.7 Å². The molecule has 1 aromatic carbocycles. The number of benzene rings is 1. The molecule has 4 nitrogen and oxygen atoms in total. The summed E-state index contributed by atoms with van der Waals surface area (Å²) >= 11 is 0. The van der Waals surface area contributed by atoms with E-state index in [-0.39, 0.29) is 11.7 Å². The standard InChI is InChI=1S/C17H22FNO3/c1-13(22-15-8-4-3-7-14(15)18)16(20)19-11-12-21-17(19)9-5-2-6-10-17/h3-4,7-8,13H,2,5-6,9-12H2,1H3/t13-/m1/s1. The minimum Gasteiger partial charge on any atom is -0.478 e. The molecule has 0 aromatic heterocycles. The molecule has 120 valence electrons. The first kappa shape index (κ1) is 15.3. The number of rotatable bonds is 3. The fraction of sp³-hybridized carbons (Fsp3) is 0.588. The monoisotopic (exact) mass is 307 g/mol. The van der Waals surface area contributed by atoms with Gasteiger partial charge in [0, 0.05) is 6.54 Å². The first-order chi connectivity index (χ1) is 10.6. The van der Waals surface area contributed by atoms with Crippen molar-refractivity contribution in [2.45, 2.75) is 50.9 Å². The topological polar surface area (TPSA) is 38.8 Å². The predicted molar refractivity (Wildman–Crippen MR) is 80.0 cm³/mol. The lowest BCUT2D eigenvalue weighted by atomic mass is 9.90. The molecule has 0 unspecified atom stereocenters. The van der Waals surface area contributed by atoms with Crippen molar-refractivity contribution in [3.63, 3.8) is 0 Å². The van der Waals surface area contributed by atoms with Gasteiger partial charge in [-0.1, -0.05) is 18.6 Å². The molecule has 1 aliphatic heterocycles. The van der Waals surface area contributed by atoms with Gasteiger partial charge in [0.15, 0.2) is 17.7 Å². The zero-order chi connectivity index (χ0) is 15.6. The number of hydrogen-bond acceptors (Lipinski definition) is 3. The normalized spacial score (nSPS) is 21.8. The fourth-order valence-electron chi connectivity index (χ4n) is 3.44. The summed E-state index contributed by atoms with van der Waals surface area (Å²) in [5, 5.41) is 0. The molecule has 2 aliphatic rings. The van der Waals surface area contributed by atoms with Crippen molar-refractivity contribution in [3.8, 4) is 5.75 Å². The van der Waals surface area contributed by atoms with Crippen molar-refractivity contribution >= 4 is 5.91 Å². The molecule has 1 saturated heterocycles. The Labute approximate surface area is 130 Å². The van der Waals surface area contributed by atoms with E-state index in [9.17, 15) is 9.18 Å². The van der Waals surface area contributed by atoms with Gasteiger partial charge in [0.25, 0.3) is 5.91 Å². The van der Waals surface area contributed by atoms with Gasteiger partial charge in [0.1, 0.15) is 5.72 Å². The maximum absolute atomic E-state index is 13.7. The molecule has 0 N–H and O–H groups in total. The van der Waals surface area contributed by atoms with Gasteiger partial charge < -0.3 is 14.4 Å². The van der Waals surface area contributed by atoms with Gasteiger partial charge in [0.2, 0.25) is 0 Å². The maximum Gasteiger partial charge on any atom is 0.265 e. The predicted octanol–water partition coefficient (Wildman–Crippen LogP) is 3.11. The van der Waals surface area contributed by atoms with Crippen molar-refractivity contribution in [1.29, 1.82) is 0 Å². The Balaban J connectivity index is 1.71. The summed E-state index contributed by atoms with van der Waals surface area (Å²) in [6.45, 7) is 2.82. The molecule has 5 heteroatoms. The van der Waals surface area contributed by atoms with E-state index in [1.165, 1.54) is 18.6 Å². The third-order valence-corrected chi connectivity index (χ3v) is 4.57. The molecular weight excluding hydrogens is 285 g/mol. The van der Waals surface area contributed by atoms with E-state index < -0.39 is 17.6 Å². The lowest BCUT2D eigenvalue weighted by molar-refractivity contribution is -0.161. The lowest BCUT2D eigenvalue weighted by Gasteiger charge is -2.40. The molecule has 1 amide bonds. The van der Waals surface area contributed by atoms with Crippen LogP contribution in [0.25, 0.3) is 0 Å². The second-order valence-corrected chi connectivity index (χ2v) is 6.04. The second kappa shape index (κ2) is 6.24. The van der Waals surface area contributed by atoms with Crippen molar-refractivity contribution in [2.75, 3.05) is 13.2 Å². The molecule has 3 rings (SSSR count). The summed E-state index contributed by atoms with van der Waals surface area (Å²) in [6, 6.07) is 6.15. The molecule has 1 aliphatic carbocycles. The highest BCUT2D eigenvalue weighted by atomic mass is 19.1. The van der Waals surface area contributed by atoms with E-state index in [1.54, 1.807) is 24.0 Å². The number of carbonyl (C=O) groups is 1. The Kier molecular flexibility index (Phi) is 4.34. The average Bonchev–Trinajstić information content (AvgIpc) is 2.92. The zero-order valence-corrected chi connectivity index (χ0v) is 12.9. The summed E-state index contributed by atoms with van der Waals surface area (Å²) in [6.07, 6.45) is 4.38. The number of para-hydroxylation sites is 1. The SMILES string of the molecule is C[C@@H](Oc1ccccc1F)C(=O)N1CCOC12CCCCC2. The highest BCUT2D eigenvalue weighted by Gasteiger charge is 2.46. The molecule has 1 aromatic rings. The van der Waals surface area contributed by atoms with E-state index in [2.05, 4.69) is 0 Å². The van der Waals surface area contributed by atoms with Crippen LogP contribution in [0.5, 0.6) is 5.75 Å². The molecule has 1 atom stereocenters. The van der Waals surface area contributed by atoms with Gasteiger partial charge in [-0.25, -0.2) is 4.39 Å². The number of hydrogen-bond donors (Lipinski definition) is 0. The van der Waals surface area contributed by atoms with Crippen molar-refractivity contribution in [3.05, 3.63) is 30.1 Å². The van der Waals surface area contributed by atoms with Crippen LogP contribution in [0.4, 0.5) is 4.39 Å². The van der Waals surface area contributed by atoms with Gasteiger partial charge in [-0.2, -0.15) is 0 Å². The summed E-state index contributed by atoms with van der Waals surface area (Å²) < 4.78 is 25.1. The summed E-state index contributed by atoms with van der Waals surface area (Å²) in [7, 11) is 0. The van der Waals surface area contributed by atoms with Gasteiger partial charge in [-0.05, 0) is 44.7 Å². The van der Waals surface area contributed by atoms with Gasteiger partial charge >= 0.3 is 0 Å². The molecule has 2 fully saturated rings. The van der Waals surface area contributed by atoms with Crippen molar-refractivity contribution in [1.82, 2.24) is 4.90 Å². The number of nitrogens with zero attached hydrogens (tertiary/aromatic N) is 1. The number of halogens is 1. The van der Waals surface area contributed by atoms with Gasteiger partial charge in [0.05, 0.1) is 6.61 Å². The molecule has 1 spiro atoms. The Morgan fingerprint density at radius 3 is 2.77 bits per heavy atom. The van der Waals surface area contributed by atoms with Crippen LogP contribution < -0.4 is 4.74 Å². The average molecular weight is 307 g/mol. The molecule has 1 heterocycles. The van der Waals surface area contributed by atoms with Crippen LogP contribution in [0.15, 0.2) is 24.3 Å². The van der Waals surface area contributed by atoms with E-state index in [1.807, 2.05) is 0 Å². The number of ether oxygens (including phenoxy) is 2. The fourth-order valence-corrected chi connectivity index (χ4v) is 3.44. The minimum absolute atomic E-state index is 0.112. The molecule has 1 saturated carbocycles. The second-order valence-electron chi connectivity index (χ2n) is 6.04. The third kappa shape index (κ3) is 2.82. The zero-order valence-electron chi connectivity index (χ0n) is 12.9. The lowest BCUT2D eigenvalue weighted by Crippen LogP contribution is -2.53. The Hall–Kier alpha value is -1.62. The molecular formula is C17H22FNO3. The van der Waals surface area contributed by atoms with Crippen LogP contribution in [-0.2, 0) is 9.53 Å². The minimum atomic E-state index is -0.725.